The van der Waals surface area contributed by atoms with Gasteiger partial charge in [0.05, 0.1) is 5.56 Å². The predicted molar refractivity (Wildman–Crippen MR) is 107 cm³/mol. The van der Waals surface area contributed by atoms with Gasteiger partial charge >= 0.3 is 0 Å². The van der Waals surface area contributed by atoms with Crippen LogP contribution in [0.2, 0.25) is 0 Å². The molecule has 2 heterocycles. The molecule has 0 saturated carbocycles. The van der Waals surface area contributed by atoms with Gasteiger partial charge in [-0.1, -0.05) is 42.5 Å². The van der Waals surface area contributed by atoms with E-state index in [9.17, 15) is 9.59 Å². The first-order valence-electron chi connectivity index (χ1n) is 9.32. The monoisotopic (exact) mass is 361 g/mol. The maximum absolute atomic E-state index is 12.8. The van der Waals surface area contributed by atoms with Crippen molar-refractivity contribution in [3.63, 3.8) is 0 Å². The van der Waals surface area contributed by atoms with Gasteiger partial charge < -0.3 is 10.3 Å². The van der Waals surface area contributed by atoms with Crippen LogP contribution in [0.1, 0.15) is 28.4 Å². The number of nitrogens with one attached hydrogen (secondary N) is 2. The largest absolute Gasteiger partial charge is 0.348 e. The normalized spacial score (nSPS) is 15.3. The summed E-state index contributed by atoms with van der Waals surface area (Å²) in [6.45, 7) is 4.68. The van der Waals surface area contributed by atoms with E-state index >= 15 is 0 Å². The van der Waals surface area contributed by atoms with Crippen LogP contribution in [-0.4, -0.2) is 34.9 Å². The minimum Gasteiger partial charge on any atom is -0.348 e. The molecule has 0 bridgehead atoms. The molecule has 138 valence electrons. The molecule has 0 radical (unpaired) electrons. The maximum Gasteiger partial charge on any atom is 0.252 e. The zero-order chi connectivity index (χ0) is 18.8. The van der Waals surface area contributed by atoms with Gasteiger partial charge in [0, 0.05) is 42.6 Å². The molecule has 1 aliphatic rings. The third kappa shape index (κ3) is 3.78. The third-order valence-electron chi connectivity index (χ3n) is 5.11. The smallest absolute Gasteiger partial charge is 0.252 e. The summed E-state index contributed by atoms with van der Waals surface area (Å²) >= 11 is 0. The number of hydrogen-bond acceptors (Lipinski definition) is 3. The SMILES string of the molecule is CC(CN1CCc2ccccc2C1)NC(=O)c1cc(=O)[nH]c2ccccc12. The van der Waals surface area contributed by atoms with E-state index in [0.717, 1.165) is 31.4 Å². The molecule has 1 aliphatic heterocycles. The number of fused-ring (bicyclic) bond motifs is 2. The molecule has 5 nitrogen and oxygen atoms in total. The Labute approximate surface area is 158 Å². The highest BCUT2D eigenvalue weighted by atomic mass is 16.2. The van der Waals surface area contributed by atoms with Gasteiger partial charge in [0.2, 0.25) is 5.56 Å². The minimum absolute atomic E-state index is 0.0131. The molecule has 1 atom stereocenters. The summed E-state index contributed by atoms with van der Waals surface area (Å²) in [5.41, 5.74) is 3.61. The summed E-state index contributed by atoms with van der Waals surface area (Å²) in [5, 5.41) is 3.81. The van der Waals surface area contributed by atoms with Crippen molar-refractivity contribution < 1.29 is 4.79 Å². The lowest BCUT2D eigenvalue weighted by atomic mass is 9.99. The number of hydrogen-bond donors (Lipinski definition) is 2. The zero-order valence-electron chi connectivity index (χ0n) is 15.4. The fraction of sp³-hybridized carbons (Fsp3) is 0.273. The summed E-state index contributed by atoms with van der Waals surface area (Å²) in [7, 11) is 0. The Morgan fingerprint density at radius 2 is 1.89 bits per heavy atom. The van der Waals surface area contributed by atoms with Gasteiger partial charge in [0.25, 0.3) is 5.91 Å². The number of pyridine rings is 1. The molecule has 2 aromatic carbocycles. The first kappa shape index (κ1) is 17.5. The van der Waals surface area contributed by atoms with E-state index < -0.39 is 0 Å². The average molecular weight is 361 g/mol. The molecule has 5 heteroatoms. The van der Waals surface area contributed by atoms with E-state index in [-0.39, 0.29) is 17.5 Å². The van der Waals surface area contributed by atoms with E-state index in [2.05, 4.69) is 39.5 Å². The molecule has 1 aromatic heterocycles. The number of H-pyrrole nitrogens is 1. The van der Waals surface area contributed by atoms with E-state index in [4.69, 9.17) is 0 Å². The van der Waals surface area contributed by atoms with E-state index in [1.807, 2.05) is 31.2 Å². The summed E-state index contributed by atoms with van der Waals surface area (Å²) in [6, 6.07) is 17.3. The van der Waals surface area contributed by atoms with Gasteiger partial charge in [-0.05, 0) is 30.5 Å². The molecule has 1 unspecified atom stereocenters. The van der Waals surface area contributed by atoms with Crippen LogP contribution in [0, 0.1) is 0 Å². The fourth-order valence-electron chi connectivity index (χ4n) is 3.84. The number of carbonyl (C=O) groups is 1. The Balaban J connectivity index is 1.45. The molecule has 4 rings (SSSR count). The second-order valence-corrected chi connectivity index (χ2v) is 7.22. The quantitative estimate of drug-likeness (QED) is 0.751. The van der Waals surface area contributed by atoms with E-state index in [1.54, 1.807) is 0 Å². The molecule has 0 fully saturated rings. The Morgan fingerprint density at radius 3 is 2.74 bits per heavy atom. The van der Waals surface area contributed by atoms with Crippen molar-refractivity contribution in [3.05, 3.63) is 81.6 Å². The molecule has 0 spiro atoms. The van der Waals surface area contributed by atoms with Crippen molar-refractivity contribution in [2.24, 2.45) is 0 Å². The number of aromatic amines is 1. The third-order valence-corrected chi connectivity index (χ3v) is 5.11. The molecule has 0 saturated heterocycles. The molecule has 0 aliphatic carbocycles. The van der Waals surface area contributed by atoms with Crippen molar-refractivity contribution >= 4 is 16.8 Å². The van der Waals surface area contributed by atoms with Crippen LogP contribution in [0.5, 0.6) is 0 Å². The number of nitrogens with zero attached hydrogens (tertiary/aromatic N) is 1. The van der Waals surface area contributed by atoms with Crippen LogP contribution >= 0.6 is 0 Å². The van der Waals surface area contributed by atoms with Gasteiger partial charge in [-0.15, -0.1) is 0 Å². The summed E-state index contributed by atoms with van der Waals surface area (Å²) in [6.07, 6.45) is 1.04. The maximum atomic E-state index is 12.8. The van der Waals surface area contributed by atoms with E-state index in [0.29, 0.717) is 11.1 Å². The van der Waals surface area contributed by atoms with Crippen LogP contribution in [0.4, 0.5) is 0 Å². The second kappa shape index (κ2) is 7.37. The Bertz CT molecular complexity index is 1040. The molecule has 2 N–H and O–H groups in total. The summed E-state index contributed by atoms with van der Waals surface area (Å²) in [4.78, 5) is 29.8. The lowest BCUT2D eigenvalue weighted by Crippen LogP contribution is -2.43. The van der Waals surface area contributed by atoms with Gasteiger partial charge in [-0.25, -0.2) is 0 Å². The lowest BCUT2D eigenvalue weighted by molar-refractivity contribution is 0.0928. The van der Waals surface area contributed by atoms with Gasteiger partial charge in [-0.2, -0.15) is 0 Å². The Kier molecular flexibility index (Phi) is 4.77. The number of carbonyl (C=O) groups excluding carboxylic acids is 1. The van der Waals surface area contributed by atoms with Crippen molar-refractivity contribution in [1.29, 1.82) is 0 Å². The van der Waals surface area contributed by atoms with Gasteiger partial charge in [-0.3, -0.25) is 14.5 Å². The van der Waals surface area contributed by atoms with Crippen LogP contribution in [0.25, 0.3) is 10.9 Å². The molecule has 3 aromatic rings. The lowest BCUT2D eigenvalue weighted by Gasteiger charge is -2.31. The average Bonchev–Trinajstić information content (AvgIpc) is 2.67. The first-order chi connectivity index (χ1) is 13.1. The second-order valence-electron chi connectivity index (χ2n) is 7.22. The number of rotatable bonds is 4. The van der Waals surface area contributed by atoms with Crippen molar-refractivity contribution in [1.82, 2.24) is 15.2 Å². The van der Waals surface area contributed by atoms with Crippen molar-refractivity contribution in [3.8, 4) is 0 Å². The number of amides is 1. The number of aromatic nitrogens is 1. The highest BCUT2D eigenvalue weighted by molar-refractivity contribution is 6.06. The van der Waals surface area contributed by atoms with Crippen molar-refractivity contribution in [2.75, 3.05) is 13.1 Å². The Hall–Kier alpha value is -2.92. The molecular weight excluding hydrogens is 338 g/mol. The standard InChI is InChI=1S/C22H23N3O2/c1-15(13-25-11-10-16-6-2-3-7-17(16)14-25)23-22(27)19-12-21(26)24-20-9-5-4-8-18(19)20/h2-9,12,15H,10-11,13-14H2,1H3,(H,23,27)(H,24,26). The Morgan fingerprint density at radius 1 is 1.15 bits per heavy atom. The van der Waals surface area contributed by atoms with Crippen LogP contribution in [-0.2, 0) is 13.0 Å². The topological polar surface area (TPSA) is 65.2 Å². The molecular formula is C22H23N3O2. The fourth-order valence-corrected chi connectivity index (χ4v) is 3.84. The zero-order valence-corrected chi connectivity index (χ0v) is 15.4. The van der Waals surface area contributed by atoms with Gasteiger partial charge in [0.15, 0.2) is 0 Å². The number of benzene rings is 2. The van der Waals surface area contributed by atoms with Crippen LogP contribution in [0.3, 0.4) is 0 Å². The first-order valence-corrected chi connectivity index (χ1v) is 9.32. The van der Waals surface area contributed by atoms with Crippen LogP contribution in [0.15, 0.2) is 59.4 Å². The highest BCUT2D eigenvalue weighted by Gasteiger charge is 2.19. The highest BCUT2D eigenvalue weighted by Crippen LogP contribution is 2.19. The summed E-state index contributed by atoms with van der Waals surface area (Å²) in [5.74, 6) is -0.206. The molecule has 1 amide bonds. The summed E-state index contributed by atoms with van der Waals surface area (Å²) < 4.78 is 0. The minimum atomic E-state index is -0.265. The number of para-hydroxylation sites is 1. The van der Waals surface area contributed by atoms with Gasteiger partial charge in [0.1, 0.15) is 0 Å². The van der Waals surface area contributed by atoms with E-state index in [1.165, 1.54) is 17.2 Å². The van der Waals surface area contributed by atoms with Crippen LogP contribution < -0.4 is 10.9 Å². The molecule has 27 heavy (non-hydrogen) atoms. The van der Waals surface area contributed by atoms with Crippen molar-refractivity contribution in [2.45, 2.75) is 25.9 Å². The predicted octanol–water partition coefficient (Wildman–Crippen LogP) is 2.70.